The van der Waals surface area contributed by atoms with Crippen LogP contribution in [-0.4, -0.2) is 4.92 Å². The van der Waals surface area contributed by atoms with Crippen LogP contribution in [0.1, 0.15) is 0 Å². The molecule has 0 atom stereocenters. The zero-order valence-electron chi connectivity index (χ0n) is 6.03. The molecule has 0 heterocycles. The summed E-state index contributed by atoms with van der Waals surface area (Å²) >= 11 is 11.0. The maximum absolute atomic E-state index is 10.3. The van der Waals surface area contributed by atoms with Crippen LogP contribution >= 0.6 is 23.2 Å². The van der Waals surface area contributed by atoms with E-state index in [9.17, 15) is 15.0 Å². The molecule has 7 heteroatoms. The summed E-state index contributed by atoms with van der Waals surface area (Å²) in [7, 11) is 0. The molecule has 0 N–H and O–H groups in total. The lowest BCUT2D eigenvalue weighted by Gasteiger charge is -1.97. The average molecular weight is 221 g/mol. The Balaban J connectivity index is 3.38. The van der Waals surface area contributed by atoms with Crippen molar-refractivity contribution in [1.29, 1.82) is 0 Å². The van der Waals surface area contributed by atoms with Crippen molar-refractivity contribution in [3.63, 3.8) is 0 Å². The van der Waals surface area contributed by atoms with Crippen LogP contribution in [0.4, 0.5) is 11.4 Å². The summed E-state index contributed by atoms with van der Waals surface area (Å²) in [6, 6.07) is 2.04. The lowest BCUT2D eigenvalue weighted by atomic mass is 10.3. The van der Waals surface area contributed by atoms with Gasteiger partial charge in [0.1, 0.15) is 10.7 Å². The minimum absolute atomic E-state index is 0.00870. The fourth-order valence-corrected chi connectivity index (χ4v) is 1.22. The highest BCUT2D eigenvalue weighted by Crippen LogP contribution is 2.35. The maximum Gasteiger partial charge on any atom is 0.290 e. The molecule has 0 radical (unpaired) electrons. The molecule has 0 saturated carbocycles. The van der Waals surface area contributed by atoms with Crippen LogP contribution < -0.4 is 0 Å². The molecule has 0 unspecified atom stereocenters. The van der Waals surface area contributed by atoms with E-state index < -0.39 is 4.92 Å². The molecule has 1 aromatic carbocycles. The fraction of sp³-hybridized carbons (Fsp3) is 0. The van der Waals surface area contributed by atoms with Gasteiger partial charge in [-0.3, -0.25) is 10.1 Å². The molecule has 0 aromatic heterocycles. The Morgan fingerprint density at radius 2 is 1.92 bits per heavy atom. The molecule has 0 saturated heterocycles. The number of nitro groups is 1. The van der Waals surface area contributed by atoms with Crippen molar-refractivity contribution >= 4 is 34.6 Å². The predicted octanol–water partition coefficient (Wildman–Crippen LogP) is 3.30. The fourth-order valence-electron chi connectivity index (χ4n) is 0.736. The molecular weight excluding hydrogens is 219 g/mol. The minimum Gasteiger partial charge on any atom is -0.258 e. The molecule has 68 valence electrons. The molecule has 0 aliphatic rings. The summed E-state index contributed by atoms with van der Waals surface area (Å²) in [6.45, 7) is 0. The third-order valence-electron chi connectivity index (χ3n) is 1.31. The third-order valence-corrected chi connectivity index (χ3v) is 1.92. The molecule has 13 heavy (non-hydrogen) atoms. The van der Waals surface area contributed by atoms with Crippen molar-refractivity contribution in [3.05, 3.63) is 37.2 Å². The molecule has 0 amide bonds. The number of nitroso groups, excluding NO2 is 1. The largest absolute Gasteiger partial charge is 0.290 e. The Morgan fingerprint density at radius 1 is 1.31 bits per heavy atom. The summed E-state index contributed by atoms with van der Waals surface area (Å²) < 4.78 is 0. The lowest BCUT2D eigenvalue weighted by Crippen LogP contribution is -1.88. The van der Waals surface area contributed by atoms with Gasteiger partial charge in [0.15, 0.2) is 0 Å². The number of hydrogen-bond donors (Lipinski definition) is 0. The van der Waals surface area contributed by atoms with Crippen molar-refractivity contribution < 1.29 is 4.92 Å². The Morgan fingerprint density at radius 3 is 2.38 bits per heavy atom. The second kappa shape index (κ2) is 3.68. The normalized spacial score (nSPS) is 9.69. The number of hydrogen-bond acceptors (Lipinski definition) is 4. The minimum atomic E-state index is -0.715. The summed E-state index contributed by atoms with van der Waals surface area (Å²) in [5.41, 5.74) is -0.585. The van der Waals surface area contributed by atoms with Gasteiger partial charge in [-0.15, -0.1) is 4.91 Å². The van der Waals surface area contributed by atoms with Gasteiger partial charge in [0.05, 0.1) is 9.95 Å². The smallest absolute Gasteiger partial charge is 0.258 e. The predicted molar refractivity (Wildman–Crippen MR) is 48.6 cm³/mol. The molecule has 0 fully saturated rings. The quantitative estimate of drug-likeness (QED) is 0.436. The van der Waals surface area contributed by atoms with Crippen LogP contribution in [-0.2, 0) is 0 Å². The first-order chi connectivity index (χ1) is 6.06. The Labute approximate surface area is 82.4 Å². The first-order valence-corrected chi connectivity index (χ1v) is 3.78. The van der Waals surface area contributed by atoms with Crippen LogP contribution in [0.5, 0.6) is 0 Å². The highest BCUT2D eigenvalue weighted by Gasteiger charge is 2.16. The van der Waals surface area contributed by atoms with Crippen molar-refractivity contribution in [2.24, 2.45) is 5.18 Å². The van der Waals surface area contributed by atoms with E-state index in [2.05, 4.69) is 5.18 Å². The Hall–Kier alpha value is -1.20. The molecule has 1 rings (SSSR count). The van der Waals surface area contributed by atoms with Crippen molar-refractivity contribution in [1.82, 2.24) is 0 Å². The van der Waals surface area contributed by atoms with E-state index in [4.69, 9.17) is 23.2 Å². The van der Waals surface area contributed by atoms with Crippen molar-refractivity contribution in [2.75, 3.05) is 0 Å². The second-order valence-corrected chi connectivity index (χ2v) is 2.92. The van der Waals surface area contributed by atoms with E-state index in [-0.39, 0.29) is 21.4 Å². The molecule has 0 bridgehead atoms. The van der Waals surface area contributed by atoms with Crippen molar-refractivity contribution in [2.45, 2.75) is 0 Å². The zero-order valence-corrected chi connectivity index (χ0v) is 7.54. The summed E-state index contributed by atoms with van der Waals surface area (Å²) in [6.07, 6.45) is 0. The first-order valence-electron chi connectivity index (χ1n) is 3.03. The van der Waals surface area contributed by atoms with Gasteiger partial charge in [0.25, 0.3) is 5.69 Å². The summed E-state index contributed by atoms with van der Waals surface area (Å²) in [5, 5.41) is 12.7. The Bertz CT molecular complexity index is 380. The first kappa shape index (κ1) is 9.88. The van der Waals surface area contributed by atoms with Gasteiger partial charge in [-0.05, 0) is 11.2 Å². The van der Waals surface area contributed by atoms with E-state index in [1.54, 1.807) is 0 Å². The highest BCUT2D eigenvalue weighted by molar-refractivity contribution is 6.37. The SMILES string of the molecule is O=Nc1cc([N+](=O)[O-])c(Cl)cc1Cl. The van der Waals surface area contributed by atoms with Crippen molar-refractivity contribution in [3.8, 4) is 0 Å². The topological polar surface area (TPSA) is 72.6 Å². The van der Waals surface area contributed by atoms with Crippen LogP contribution in [0.15, 0.2) is 17.3 Å². The van der Waals surface area contributed by atoms with E-state index >= 15 is 0 Å². The Kier molecular flexibility index (Phi) is 2.79. The number of halogens is 2. The molecule has 0 aliphatic heterocycles. The van der Waals surface area contributed by atoms with Gasteiger partial charge in [0, 0.05) is 6.07 Å². The van der Waals surface area contributed by atoms with Crippen LogP contribution in [0.2, 0.25) is 10.0 Å². The zero-order chi connectivity index (χ0) is 10.0. The van der Waals surface area contributed by atoms with Gasteiger partial charge in [-0.2, -0.15) is 0 Å². The number of rotatable bonds is 2. The van der Waals surface area contributed by atoms with E-state index in [1.165, 1.54) is 0 Å². The molecule has 0 aliphatic carbocycles. The van der Waals surface area contributed by atoms with E-state index in [1.807, 2.05) is 0 Å². The van der Waals surface area contributed by atoms with E-state index in [0.717, 1.165) is 12.1 Å². The van der Waals surface area contributed by atoms with Gasteiger partial charge >= 0.3 is 0 Å². The van der Waals surface area contributed by atoms with Crippen LogP contribution in [0, 0.1) is 15.0 Å². The molecule has 1 aromatic rings. The number of benzene rings is 1. The summed E-state index contributed by atoms with van der Waals surface area (Å²) in [4.78, 5) is 19.7. The molecular formula is C6H2Cl2N2O3. The van der Waals surface area contributed by atoms with Gasteiger partial charge in [-0.1, -0.05) is 23.2 Å². The molecule has 5 nitrogen and oxygen atoms in total. The maximum atomic E-state index is 10.3. The number of nitro benzene ring substituents is 1. The van der Waals surface area contributed by atoms with Gasteiger partial charge < -0.3 is 0 Å². The standard InChI is InChI=1S/C6H2Cl2N2O3/c7-3-1-4(8)6(10(12)13)2-5(3)9-11/h1-2H. The lowest BCUT2D eigenvalue weighted by molar-refractivity contribution is -0.384. The second-order valence-electron chi connectivity index (χ2n) is 2.10. The molecule has 0 spiro atoms. The summed E-state index contributed by atoms with van der Waals surface area (Å²) in [5.74, 6) is 0. The van der Waals surface area contributed by atoms with Gasteiger partial charge in [-0.25, -0.2) is 0 Å². The van der Waals surface area contributed by atoms with Gasteiger partial charge in [0.2, 0.25) is 0 Å². The third kappa shape index (κ3) is 1.93. The number of nitrogens with zero attached hydrogens (tertiary/aromatic N) is 2. The highest BCUT2D eigenvalue weighted by atomic mass is 35.5. The monoisotopic (exact) mass is 220 g/mol. The average Bonchev–Trinajstić information content (AvgIpc) is 2.03. The van der Waals surface area contributed by atoms with E-state index in [0.29, 0.717) is 0 Å². The van der Waals surface area contributed by atoms with Crippen LogP contribution in [0.3, 0.4) is 0 Å². The van der Waals surface area contributed by atoms with Crippen LogP contribution in [0.25, 0.3) is 0 Å².